The van der Waals surface area contributed by atoms with Gasteiger partial charge in [-0.2, -0.15) is 0 Å². The van der Waals surface area contributed by atoms with E-state index < -0.39 is 0 Å². The summed E-state index contributed by atoms with van der Waals surface area (Å²) in [6.07, 6.45) is 0. The van der Waals surface area contributed by atoms with E-state index in [2.05, 4.69) is 15.9 Å². The van der Waals surface area contributed by atoms with E-state index >= 15 is 0 Å². The third-order valence-corrected chi connectivity index (χ3v) is 4.80. The molecule has 1 heterocycles. The summed E-state index contributed by atoms with van der Waals surface area (Å²) < 4.78 is 1.04. The van der Waals surface area contributed by atoms with Crippen LogP contribution < -0.4 is 10.6 Å². The Morgan fingerprint density at radius 3 is 2.52 bits per heavy atom. The number of nitrogens with two attached hydrogens (primary N) is 1. The first-order valence-electron chi connectivity index (χ1n) is 6.43. The van der Waals surface area contributed by atoms with Gasteiger partial charge in [0.2, 0.25) is 0 Å². The molecule has 1 amide bonds. The number of carbonyl (C=O) groups is 1. The van der Waals surface area contributed by atoms with Crippen molar-refractivity contribution in [2.24, 2.45) is 0 Å². The fraction of sp³-hybridized carbons (Fsp3) is 0.267. The zero-order chi connectivity index (χ0) is 15.6. The second-order valence-corrected chi connectivity index (χ2v) is 6.97. The predicted octanol–water partition coefficient (Wildman–Crippen LogP) is 3.43. The fourth-order valence-electron chi connectivity index (χ4n) is 2.06. The number of nitrogens with zero attached hydrogens (tertiary/aromatic N) is 2. The zero-order valence-corrected chi connectivity index (χ0v) is 14.7. The first kappa shape index (κ1) is 15.9. The van der Waals surface area contributed by atoms with Gasteiger partial charge in [-0.3, -0.25) is 4.79 Å². The van der Waals surface area contributed by atoms with Gasteiger partial charge >= 0.3 is 0 Å². The molecule has 0 atom stereocenters. The number of rotatable bonds is 4. The third-order valence-electron chi connectivity index (χ3n) is 3.12. The highest BCUT2D eigenvalue weighted by Crippen LogP contribution is 2.24. The predicted molar refractivity (Wildman–Crippen MR) is 93.0 cm³/mol. The Labute approximate surface area is 137 Å². The van der Waals surface area contributed by atoms with Gasteiger partial charge in [0, 0.05) is 41.4 Å². The van der Waals surface area contributed by atoms with E-state index in [1.54, 1.807) is 29.4 Å². The molecule has 21 heavy (non-hydrogen) atoms. The Balaban J connectivity index is 2.14. The van der Waals surface area contributed by atoms with Crippen LogP contribution in [0.4, 0.5) is 11.4 Å². The molecule has 0 bridgehead atoms. The normalized spacial score (nSPS) is 10.5. The summed E-state index contributed by atoms with van der Waals surface area (Å²) in [6.45, 7) is 0.588. The van der Waals surface area contributed by atoms with Gasteiger partial charge in [-0.25, -0.2) is 0 Å². The van der Waals surface area contributed by atoms with Crippen molar-refractivity contribution < 1.29 is 4.79 Å². The van der Waals surface area contributed by atoms with Gasteiger partial charge < -0.3 is 15.5 Å². The minimum absolute atomic E-state index is 0.0310. The number of anilines is 2. The van der Waals surface area contributed by atoms with Crippen molar-refractivity contribution >= 4 is 44.5 Å². The molecule has 0 radical (unpaired) electrons. The van der Waals surface area contributed by atoms with Gasteiger partial charge in [-0.05, 0) is 40.2 Å². The van der Waals surface area contributed by atoms with Gasteiger partial charge in [-0.1, -0.05) is 0 Å². The van der Waals surface area contributed by atoms with E-state index in [1.165, 1.54) is 0 Å². The van der Waals surface area contributed by atoms with E-state index in [9.17, 15) is 4.79 Å². The van der Waals surface area contributed by atoms with Crippen LogP contribution in [-0.4, -0.2) is 32.0 Å². The number of halogens is 1. The minimum atomic E-state index is -0.0310. The highest BCUT2D eigenvalue weighted by molar-refractivity contribution is 9.10. The molecule has 0 saturated carbocycles. The van der Waals surface area contributed by atoms with Crippen LogP contribution in [0.3, 0.4) is 0 Å². The topological polar surface area (TPSA) is 49.6 Å². The lowest BCUT2D eigenvalue weighted by Gasteiger charge is -2.19. The third kappa shape index (κ3) is 3.77. The molecular formula is C15H18BrN3OS. The first-order chi connectivity index (χ1) is 9.88. The van der Waals surface area contributed by atoms with Crippen molar-refractivity contribution in [2.45, 2.75) is 6.54 Å². The molecule has 0 saturated heterocycles. The van der Waals surface area contributed by atoms with Crippen LogP contribution in [0.5, 0.6) is 0 Å². The molecule has 2 aromatic rings. The van der Waals surface area contributed by atoms with Crippen molar-refractivity contribution in [1.82, 2.24) is 4.90 Å². The molecule has 0 fully saturated rings. The Kier molecular flexibility index (Phi) is 4.90. The number of nitrogen functional groups attached to an aromatic ring is 1. The maximum absolute atomic E-state index is 12.4. The lowest BCUT2D eigenvalue weighted by molar-refractivity contribution is 0.0786. The van der Waals surface area contributed by atoms with E-state index in [4.69, 9.17) is 5.73 Å². The average Bonchev–Trinajstić information content (AvgIpc) is 2.82. The Bertz CT molecular complexity index is 654. The summed E-state index contributed by atoms with van der Waals surface area (Å²) in [5, 5.41) is 2.01. The molecule has 1 aromatic heterocycles. The first-order valence-corrected chi connectivity index (χ1v) is 8.11. The number of carbonyl (C=O) groups excluding carboxylic acids is 1. The molecule has 0 aliphatic carbocycles. The number of thiophene rings is 1. The molecule has 0 spiro atoms. The summed E-state index contributed by atoms with van der Waals surface area (Å²) in [7, 11) is 5.65. The number of amides is 1. The largest absolute Gasteiger partial charge is 0.397 e. The number of benzene rings is 1. The summed E-state index contributed by atoms with van der Waals surface area (Å²) in [4.78, 5) is 17.2. The minimum Gasteiger partial charge on any atom is -0.397 e. The van der Waals surface area contributed by atoms with Gasteiger partial charge in [-0.15, -0.1) is 11.3 Å². The molecule has 112 valence electrons. The van der Waals surface area contributed by atoms with Crippen molar-refractivity contribution in [2.75, 3.05) is 31.8 Å². The molecule has 6 heteroatoms. The van der Waals surface area contributed by atoms with Gasteiger partial charge in [0.1, 0.15) is 0 Å². The Morgan fingerprint density at radius 2 is 2.00 bits per heavy atom. The van der Waals surface area contributed by atoms with Crippen LogP contribution in [0.2, 0.25) is 0 Å². The number of hydrogen-bond donors (Lipinski definition) is 1. The van der Waals surface area contributed by atoms with E-state index in [0.717, 1.165) is 15.0 Å². The van der Waals surface area contributed by atoms with E-state index in [-0.39, 0.29) is 5.91 Å². The van der Waals surface area contributed by atoms with Crippen molar-refractivity contribution in [3.8, 4) is 0 Å². The lowest BCUT2D eigenvalue weighted by Crippen LogP contribution is -2.26. The lowest BCUT2D eigenvalue weighted by atomic mass is 10.1. The van der Waals surface area contributed by atoms with Crippen LogP contribution in [0.25, 0.3) is 0 Å². The maximum atomic E-state index is 12.4. The summed E-state index contributed by atoms with van der Waals surface area (Å²) in [5.41, 5.74) is 8.13. The standard InChI is InChI=1S/C15H18BrN3OS/c1-18(2)14-5-4-10(6-13(14)17)15(20)19(3)8-12-7-11(16)9-21-12/h4-7,9H,8,17H2,1-3H3. The second-order valence-electron chi connectivity index (χ2n) is 5.06. The molecule has 4 nitrogen and oxygen atoms in total. The van der Waals surface area contributed by atoms with Crippen molar-refractivity contribution in [3.63, 3.8) is 0 Å². The van der Waals surface area contributed by atoms with Gasteiger partial charge in [0.15, 0.2) is 0 Å². The zero-order valence-electron chi connectivity index (χ0n) is 12.3. The van der Waals surface area contributed by atoms with Crippen LogP contribution in [0.1, 0.15) is 15.2 Å². The fourth-order valence-corrected chi connectivity index (χ4v) is 3.56. The molecule has 2 rings (SSSR count). The van der Waals surface area contributed by atoms with E-state index in [0.29, 0.717) is 17.8 Å². The van der Waals surface area contributed by atoms with Gasteiger partial charge in [0.25, 0.3) is 5.91 Å². The Hall–Kier alpha value is -1.53. The molecule has 0 aliphatic heterocycles. The van der Waals surface area contributed by atoms with Crippen LogP contribution >= 0.6 is 27.3 Å². The van der Waals surface area contributed by atoms with Crippen LogP contribution in [0, 0.1) is 0 Å². The average molecular weight is 368 g/mol. The molecule has 0 unspecified atom stereocenters. The van der Waals surface area contributed by atoms with E-state index in [1.807, 2.05) is 42.6 Å². The SMILES string of the molecule is CN(Cc1cc(Br)cs1)C(=O)c1ccc(N(C)C)c(N)c1. The van der Waals surface area contributed by atoms with Crippen molar-refractivity contribution in [3.05, 3.63) is 44.6 Å². The summed E-state index contributed by atoms with van der Waals surface area (Å²) in [5.74, 6) is -0.0310. The molecule has 2 N–H and O–H groups in total. The maximum Gasteiger partial charge on any atom is 0.253 e. The Morgan fingerprint density at radius 1 is 1.29 bits per heavy atom. The molecular weight excluding hydrogens is 350 g/mol. The smallest absolute Gasteiger partial charge is 0.253 e. The monoisotopic (exact) mass is 367 g/mol. The second kappa shape index (κ2) is 6.49. The van der Waals surface area contributed by atoms with Crippen LogP contribution in [-0.2, 0) is 6.54 Å². The number of hydrogen-bond acceptors (Lipinski definition) is 4. The highest BCUT2D eigenvalue weighted by Gasteiger charge is 2.14. The summed E-state index contributed by atoms with van der Waals surface area (Å²) in [6, 6.07) is 7.45. The molecule has 0 aliphatic rings. The van der Waals surface area contributed by atoms with Crippen LogP contribution in [0.15, 0.2) is 34.1 Å². The van der Waals surface area contributed by atoms with Gasteiger partial charge in [0.05, 0.1) is 17.9 Å². The quantitative estimate of drug-likeness (QED) is 0.842. The van der Waals surface area contributed by atoms with Crippen molar-refractivity contribution in [1.29, 1.82) is 0 Å². The molecule has 1 aromatic carbocycles. The summed E-state index contributed by atoms with van der Waals surface area (Å²) >= 11 is 5.05. The highest BCUT2D eigenvalue weighted by atomic mass is 79.9.